The average Bonchev–Trinajstić information content (AvgIpc) is 1.64. The van der Waals surface area contributed by atoms with Crippen LogP contribution in [-0.4, -0.2) is 190 Å². The minimum absolute atomic E-state index is 0.0855. The molecule has 2 aromatic carbocycles. The molecular weight excluding hydrogens is 1710 g/mol. The van der Waals surface area contributed by atoms with E-state index >= 15 is 0 Å². The standard InChI is InChI=1S/C34H55BN2O7.C27H49BN2O7.C23H36BNO4.C16H31BN2O5/c1-24(2)21-27(37-30(40)42-31(3,4)5)28(38)36-26-17-19-34(22-26,29(39)41-23-25-15-11-10-12-16-25)18-13-14-20-35-43-32(6,7)33(8,9)44-35;1-18(2)16-20(30-23(34)35-24(3,4)5)21(31)29-19-12-14-27(17-19,22(32)33)13-10-11-15-28-36-25(6,7)26(8,9)37-28;1-21(2)22(3,4)29-24(28-21)15-9-8-13-23(14-12-19(25)16-23)20(26)27-17-18-10-6-5-7-11-18;1-11(2)9-13(18)14(20)19-12-5-7-16(10-12,15(21)22)6-3-4-8-17(23)24/h10-12,15-16,24,26-27H,13-14,17-23H2,1-9H3,(H,36,38)(H,37,40);18-20H,10-17H2,1-9H3,(H,29,31)(H,30,34)(H,32,33);5-7,10-11,19H,8-9,12-17,25H2,1-4H3;11-13,23-24H,3-10,18H2,1-2H3,(H,19,20)(H,21,22)/t26-,27-,34+;19-,20-,27+;19-,23+;12-,13-,16+/m0000/s1. The van der Waals surface area contributed by atoms with Crippen LogP contribution in [0.2, 0.25) is 25.3 Å². The van der Waals surface area contributed by atoms with Gasteiger partial charge in [0.15, 0.2) is 0 Å². The normalized spacial score (nSPS) is 25.2. The van der Waals surface area contributed by atoms with Gasteiger partial charge in [0.05, 0.1) is 61.3 Å². The minimum Gasteiger partial charge on any atom is -0.481 e. The van der Waals surface area contributed by atoms with Gasteiger partial charge in [-0.3, -0.25) is 33.6 Å². The highest BCUT2D eigenvalue weighted by Gasteiger charge is 2.56. The summed E-state index contributed by atoms with van der Waals surface area (Å²) < 4.78 is 58.9. The summed E-state index contributed by atoms with van der Waals surface area (Å²) in [6.07, 6.45) is 18.9. The third kappa shape index (κ3) is 36.4. The highest BCUT2D eigenvalue weighted by Crippen LogP contribution is 2.49. The summed E-state index contributed by atoms with van der Waals surface area (Å²) in [5.74, 6) is -2.05. The number of nitrogens with two attached hydrogens (primary N) is 2. The lowest BCUT2D eigenvalue weighted by molar-refractivity contribution is -0.158. The first kappa shape index (κ1) is 116. The topological polar surface area (TPSA) is 439 Å². The molecule has 11 atom stereocenters. The van der Waals surface area contributed by atoms with Gasteiger partial charge in [0, 0.05) is 24.2 Å². The molecule has 5 amide bonds. The smallest absolute Gasteiger partial charge is 0.457 e. The Morgan fingerprint density at radius 2 is 0.716 bits per heavy atom. The number of rotatable bonds is 42. The molecule has 34 heteroatoms. The Balaban J connectivity index is 0.000000281. The highest BCUT2D eigenvalue weighted by molar-refractivity contribution is 6.46. The first-order valence-electron chi connectivity index (χ1n) is 49.8. The monoisotopic (exact) mass is 1880 g/mol. The first-order valence-corrected chi connectivity index (χ1v) is 49.8. The van der Waals surface area contributed by atoms with Crippen LogP contribution in [0.15, 0.2) is 60.7 Å². The van der Waals surface area contributed by atoms with Gasteiger partial charge >= 0.3 is 64.5 Å². The van der Waals surface area contributed by atoms with Crippen molar-refractivity contribution in [1.29, 1.82) is 0 Å². The van der Waals surface area contributed by atoms with E-state index in [1.807, 2.05) is 158 Å². The number of nitrogens with one attached hydrogen (secondary N) is 5. The molecule has 3 aliphatic heterocycles. The molecule has 0 unspecified atom stereocenters. The molecule has 30 nitrogen and oxygen atoms in total. The number of hydrogen-bond acceptors (Lipinski definition) is 23. The lowest BCUT2D eigenvalue weighted by Gasteiger charge is -2.32. The van der Waals surface area contributed by atoms with Crippen molar-refractivity contribution in [3.05, 3.63) is 71.8 Å². The van der Waals surface area contributed by atoms with Crippen molar-refractivity contribution in [2.75, 3.05) is 0 Å². The van der Waals surface area contributed by atoms with Gasteiger partial charge in [0.25, 0.3) is 0 Å². The molecule has 7 fully saturated rings. The number of carboxylic acid groups (broad SMARTS) is 2. The molecule has 0 bridgehead atoms. The Morgan fingerprint density at radius 3 is 1.01 bits per heavy atom. The Hall–Kier alpha value is -6.87. The van der Waals surface area contributed by atoms with Gasteiger partial charge in [-0.1, -0.05) is 154 Å². The molecule has 134 heavy (non-hydrogen) atoms. The van der Waals surface area contributed by atoms with Crippen LogP contribution in [-0.2, 0) is 93.6 Å². The molecule has 13 N–H and O–H groups in total. The molecule has 2 aromatic rings. The van der Waals surface area contributed by atoms with Crippen molar-refractivity contribution < 1.29 is 110 Å². The summed E-state index contributed by atoms with van der Waals surface area (Å²) in [7, 11) is -2.07. The number of alkyl carbamates (subject to hydrolysis) is 2. The molecule has 3 saturated heterocycles. The molecule has 4 saturated carbocycles. The number of benzene rings is 2. The van der Waals surface area contributed by atoms with E-state index in [1.54, 1.807) is 41.5 Å². The van der Waals surface area contributed by atoms with Crippen molar-refractivity contribution in [3.63, 3.8) is 0 Å². The van der Waals surface area contributed by atoms with Gasteiger partial charge in [-0.25, -0.2) is 9.59 Å². The van der Waals surface area contributed by atoms with Gasteiger partial charge in [-0.2, -0.15) is 0 Å². The molecule has 0 spiro atoms. The minimum atomic E-state index is -1.34. The lowest BCUT2D eigenvalue weighted by Crippen LogP contribution is -2.51. The van der Waals surface area contributed by atoms with E-state index in [-0.39, 0.29) is 134 Å². The second-order valence-corrected chi connectivity index (χ2v) is 45.6. The zero-order valence-electron chi connectivity index (χ0n) is 85.9. The van der Waals surface area contributed by atoms with Crippen molar-refractivity contribution in [2.24, 2.45) is 50.9 Å². The van der Waals surface area contributed by atoms with E-state index in [9.17, 15) is 53.4 Å². The number of esters is 2. The third-order valence-electron chi connectivity index (χ3n) is 28.5. The van der Waals surface area contributed by atoms with Gasteiger partial charge < -0.3 is 105 Å². The molecule has 7 aliphatic rings. The van der Waals surface area contributed by atoms with E-state index in [1.165, 1.54) is 0 Å². The van der Waals surface area contributed by atoms with Crippen molar-refractivity contribution in [3.8, 4) is 0 Å². The van der Waals surface area contributed by atoms with Gasteiger partial charge in [-0.15, -0.1) is 0 Å². The maximum atomic E-state index is 13.7. The fourth-order valence-electron chi connectivity index (χ4n) is 18.9. The van der Waals surface area contributed by atoms with Crippen molar-refractivity contribution >= 4 is 82.3 Å². The number of carbonyl (C=O) groups excluding carboxylic acids is 7. The van der Waals surface area contributed by atoms with Crippen LogP contribution in [0, 0.1) is 39.4 Å². The molecule has 0 aromatic heterocycles. The molecule has 4 aliphatic carbocycles. The van der Waals surface area contributed by atoms with Gasteiger partial charge in [0.1, 0.15) is 36.5 Å². The van der Waals surface area contributed by atoms with Crippen LogP contribution < -0.4 is 38.1 Å². The van der Waals surface area contributed by atoms with Crippen molar-refractivity contribution in [1.82, 2.24) is 26.6 Å². The number of unbranched alkanes of at least 4 members (excludes halogenated alkanes) is 4. The quantitative estimate of drug-likeness (QED) is 0.0127. The molecule has 9 rings (SSSR count). The summed E-state index contributed by atoms with van der Waals surface area (Å²) in [5.41, 5.74) is 7.74. The van der Waals surface area contributed by atoms with Gasteiger partial charge in [-0.05, 0) is 301 Å². The molecule has 0 radical (unpaired) electrons. The summed E-state index contributed by atoms with van der Waals surface area (Å²) in [5, 5.41) is 51.9. The van der Waals surface area contributed by atoms with E-state index in [0.717, 1.165) is 94.3 Å². The zero-order chi connectivity index (χ0) is 100. The van der Waals surface area contributed by atoms with Crippen LogP contribution in [0.25, 0.3) is 0 Å². The number of hydrogen-bond donors (Lipinski definition) is 11. The Bertz CT molecular complexity index is 4010. The maximum absolute atomic E-state index is 13.7. The SMILES string of the molecule is CC(C)C[C@H](N)C(=O)N[C@H]1CC[C@@](CCCCB(O)O)(C(=O)O)C1.CC(C)C[C@H](NC(=O)OC(C)(C)C)C(=O)N[C@H]1CC[C@@](CCCCB2OC(C)(C)C(C)(C)O2)(C(=O)O)C1.CC(C)C[C@H](NC(=O)OC(C)(C)C)C(=O)N[C@H]1CC[C@@](CCCCB2OC(C)(C)C(C)(C)O2)(C(=O)OCc2ccccc2)C1.CC1(C)OB(CCCC[C@@]2(C(=O)OCc3ccccc3)CC[C@H](N)C2)OC1(C)C. The molecule has 756 valence electrons. The van der Waals surface area contributed by atoms with E-state index in [4.69, 9.17) is 68.4 Å². The van der Waals surface area contributed by atoms with E-state index in [2.05, 4.69) is 54.3 Å². The zero-order valence-corrected chi connectivity index (χ0v) is 85.9. The predicted molar refractivity (Wildman–Crippen MR) is 522 cm³/mol. The van der Waals surface area contributed by atoms with Crippen molar-refractivity contribution in [2.45, 2.75) is 465 Å². The molecule has 3 heterocycles. The number of ether oxygens (including phenoxy) is 4. The van der Waals surface area contributed by atoms with E-state index < -0.39 is 82.2 Å². The summed E-state index contributed by atoms with van der Waals surface area (Å²) >= 11 is 0. The average molecular weight is 1880 g/mol. The van der Waals surface area contributed by atoms with Gasteiger partial charge in [0.2, 0.25) is 17.7 Å². The van der Waals surface area contributed by atoms with Crippen LogP contribution >= 0.6 is 0 Å². The maximum Gasteiger partial charge on any atom is 0.457 e. The predicted octanol–water partition coefficient (Wildman–Crippen LogP) is 16.7. The lowest BCUT2D eigenvalue weighted by atomic mass is 9.77. The fourth-order valence-corrected chi connectivity index (χ4v) is 18.9. The Kier molecular flexibility index (Phi) is 43.5. The number of carbonyl (C=O) groups is 9. The fraction of sp³-hybridized carbons (Fsp3) is 0.790. The summed E-state index contributed by atoms with van der Waals surface area (Å²) in [6.45, 7) is 47.7. The second-order valence-electron chi connectivity index (χ2n) is 45.6. The number of aliphatic carboxylic acids is 2. The Morgan fingerprint density at radius 1 is 0.425 bits per heavy atom. The van der Waals surface area contributed by atoms with Crippen LogP contribution in [0.5, 0.6) is 0 Å². The van der Waals surface area contributed by atoms with Crippen LogP contribution in [0.3, 0.4) is 0 Å². The second kappa shape index (κ2) is 50.3. The highest BCUT2D eigenvalue weighted by atomic mass is 16.7. The van der Waals surface area contributed by atoms with Crippen LogP contribution in [0.1, 0.15) is 351 Å². The van der Waals surface area contributed by atoms with Crippen LogP contribution in [0.4, 0.5) is 9.59 Å². The largest absolute Gasteiger partial charge is 0.481 e. The Labute approximate surface area is 802 Å². The van der Waals surface area contributed by atoms with E-state index in [0.29, 0.717) is 122 Å². The number of amides is 5. The number of carboxylic acids is 2. The summed E-state index contributed by atoms with van der Waals surface area (Å²) in [6, 6.07) is 16.9. The first-order chi connectivity index (χ1) is 62.1. The summed E-state index contributed by atoms with van der Waals surface area (Å²) in [4.78, 5) is 114. The molecular formula is C100H171B4N7O23. The third-order valence-corrected chi connectivity index (χ3v) is 28.5.